The van der Waals surface area contributed by atoms with E-state index in [-0.39, 0.29) is 11.9 Å². The van der Waals surface area contributed by atoms with Crippen molar-refractivity contribution in [3.8, 4) is 45.4 Å². The summed E-state index contributed by atoms with van der Waals surface area (Å²) < 4.78 is 20.2. The number of benzene rings is 1. The summed E-state index contributed by atoms with van der Waals surface area (Å²) in [5.74, 6) is 0.517. The summed E-state index contributed by atoms with van der Waals surface area (Å²) in [6.07, 6.45) is 12.8. The van der Waals surface area contributed by atoms with E-state index in [0.29, 0.717) is 39.2 Å². The molecule has 0 bridgehead atoms. The second-order valence-electron chi connectivity index (χ2n) is 9.82. The first-order valence-corrected chi connectivity index (χ1v) is 12.9. The lowest BCUT2D eigenvalue weighted by Crippen LogP contribution is -2.19. The maximum atomic E-state index is 14.0. The van der Waals surface area contributed by atoms with Gasteiger partial charge in [-0.15, -0.1) is 0 Å². The maximum absolute atomic E-state index is 14.0. The zero-order valence-corrected chi connectivity index (χ0v) is 20.9. The third-order valence-electron chi connectivity index (χ3n) is 7.08. The summed E-state index contributed by atoms with van der Waals surface area (Å²) in [6.45, 7) is 0. The monoisotopic (exact) mass is 521 g/mol. The molecule has 3 N–H and O–H groups in total. The van der Waals surface area contributed by atoms with E-state index >= 15 is 0 Å². The fraction of sp³-hybridized carbons (Fsp3) is 0.207. The van der Waals surface area contributed by atoms with E-state index in [9.17, 15) is 9.50 Å². The molecule has 1 aliphatic rings. The Morgan fingerprint density at radius 3 is 2.59 bits per heavy atom. The first kappa shape index (κ1) is 23.3. The Hall–Kier alpha value is -4.86. The Morgan fingerprint density at radius 2 is 1.72 bits per heavy atom. The van der Waals surface area contributed by atoms with E-state index < -0.39 is 5.82 Å². The lowest BCUT2D eigenvalue weighted by atomic mass is 9.98. The molecular formula is C29H24FN7O2. The second-order valence-corrected chi connectivity index (χ2v) is 9.82. The van der Waals surface area contributed by atoms with Gasteiger partial charge in [0.25, 0.3) is 0 Å². The number of aromatic hydroxyl groups is 1. The zero-order chi connectivity index (χ0) is 26.3. The maximum Gasteiger partial charge on any atom is 0.161 e. The molecule has 0 amide bonds. The molecule has 194 valence electrons. The van der Waals surface area contributed by atoms with Crippen molar-refractivity contribution in [2.24, 2.45) is 0 Å². The van der Waals surface area contributed by atoms with E-state index in [1.165, 1.54) is 31.4 Å². The minimum Gasteiger partial charge on any atom is -0.508 e. The van der Waals surface area contributed by atoms with Gasteiger partial charge in [0.1, 0.15) is 22.8 Å². The first-order chi connectivity index (χ1) is 19.1. The average molecular weight is 522 g/mol. The summed E-state index contributed by atoms with van der Waals surface area (Å²) in [6, 6.07) is 9.69. The number of nitrogens with zero attached hydrogens (tertiary/aromatic N) is 5. The number of hydrogen-bond donors (Lipinski definition) is 3. The van der Waals surface area contributed by atoms with E-state index in [1.807, 2.05) is 18.2 Å². The van der Waals surface area contributed by atoms with E-state index in [4.69, 9.17) is 14.7 Å². The highest BCUT2D eigenvalue weighted by molar-refractivity contribution is 5.96. The number of pyridine rings is 3. The molecule has 1 aromatic carbocycles. The lowest BCUT2D eigenvalue weighted by Gasteiger charge is -2.22. The molecule has 0 aliphatic heterocycles. The third-order valence-corrected chi connectivity index (χ3v) is 7.08. The normalized spacial score (nSPS) is 14.3. The predicted octanol–water partition coefficient (Wildman–Crippen LogP) is 6.18. The van der Waals surface area contributed by atoms with Gasteiger partial charge < -0.3 is 14.8 Å². The molecule has 0 radical (unpaired) electrons. The topological polar surface area (TPSA) is 125 Å². The molecule has 0 saturated heterocycles. The van der Waals surface area contributed by atoms with Crippen LogP contribution in [0.4, 0.5) is 4.39 Å². The van der Waals surface area contributed by atoms with Crippen molar-refractivity contribution in [2.75, 3.05) is 0 Å². The van der Waals surface area contributed by atoms with Crippen LogP contribution >= 0.6 is 0 Å². The van der Waals surface area contributed by atoms with Gasteiger partial charge in [-0.05, 0) is 61.6 Å². The smallest absolute Gasteiger partial charge is 0.161 e. The molecule has 0 unspecified atom stereocenters. The van der Waals surface area contributed by atoms with Gasteiger partial charge in [0, 0.05) is 29.6 Å². The highest BCUT2D eigenvalue weighted by atomic mass is 19.1. The summed E-state index contributed by atoms with van der Waals surface area (Å²) in [4.78, 5) is 21.6. The van der Waals surface area contributed by atoms with Crippen LogP contribution in [0.3, 0.4) is 0 Å². The van der Waals surface area contributed by atoms with Crippen LogP contribution in [0.15, 0.2) is 61.2 Å². The summed E-state index contributed by atoms with van der Waals surface area (Å²) >= 11 is 0. The molecule has 6 aromatic rings. The van der Waals surface area contributed by atoms with Gasteiger partial charge in [-0.1, -0.05) is 6.42 Å². The van der Waals surface area contributed by atoms with Crippen LogP contribution < -0.4 is 4.74 Å². The number of aromatic nitrogens is 7. The standard InChI is InChI=1S/C29H24FN7O2/c30-18-8-16(9-19(38)11-18)22-14-32-15-25-26(22)35-29(34-25)28-27-24(36-37-28)7-6-23(33-27)17-10-21(13-31-12-17)39-20-4-2-1-3-5-20/h6-15,20,38H,1-5H2,(H,34,35)(H,36,37). The van der Waals surface area contributed by atoms with Gasteiger partial charge >= 0.3 is 0 Å². The molecule has 5 heterocycles. The predicted molar refractivity (Wildman–Crippen MR) is 145 cm³/mol. The number of nitrogens with one attached hydrogen (secondary N) is 2. The van der Waals surface area contributed by atoms with Crippen molar-refractivity contribution >= 4 is 22.1 Å². The van der Waals surface area contributed by atoms with Gasteiger partial charge in [-0.3, -0.25) is 15.1 Å². The zero-order valence-electron chi connectivity index (χ0n) is 20.9. The fourth-order valence-corrected chi connectivity index (χ4v) is 5.21. The Balaban J connectivity index is 1.26. The number of imidazole rings is 1. The van der Waals surface area contributed by atoms with Crippen LogP contribution in [0, 0.1) is 5.82 Å². The highest BCUT2D eigenvalue weighted by Crippen LogP contribution is 2.33. The molecule has 9 nitrogen and oxygen atoms in total. The van der Waals surface area contributed by atoms with Crippen molar-refractivity contribution in [1.29, 1.82) is 0 Å². The van der Waals surface area contributed by atoms with Gasteiger partial charge in [0.2, 0.25) is 0 Å². The first-order valence-electron chi connectivity index (χ1n) is 12.9. The number of phenolic OH excluding ortho intramolecular Hbond substituents is 1. The number of ether oxygens (including phenoxy) is 1. The average Bonchev–Trinajstić information content (AvgIpc) is 3.57. The Bertz CT molecular complexity index is 1800. The minimum atomic E-state index is -0.546. The third kappa shape index (κ3) is 4.43. The molecule has 7 rings (SSSR count). The molecule has 0 atom stereocenters. The van der Waals surface area contributed by atoms with Crippen LogP contribution in [-0.2, 0) is 0 Å². The number of phenols is 1. The number of aromatic amines is 2. The lowest BCUT2D eigenvalue weighted by molar-refractivity contribution is 0.154. The molecule has 10 heteroatoms. The molecule has 39 heavy (non-hydrogen) atoms. The van der Waals surface area contributed by atoms with Crippen molar-refractivity contribution in [3.05, 3.63) is 67.0 Å². The van der Waals surface area contributed by atoms with Gasteiger partial charge in [-0.2, -0.15) is 5.10 Å². The summed E-state index contributed by atoms with van der Waals surface area (Å²) in [5, 5.41) is 17.4. The number of fused-ring (bicyclic) bond motifs is 2. The van der Waals surface area contributed by atoms with E-state index in [0.717, 1.165) is 41.4 Å². The van der Waals surface area contributed by atoms with Crippen molar-refractivity contribution < 1.29 is 14.2 Å². The molecule has 1 saturated carbocycles. The number of rotatable bonds is 5. The second kappa shape index (κ2) is 9.46. The molecule has 1 aliphatic carbocycles. The van der Waals surface area contributed by atoms with Crippen molar-refractivity contribution in [1.82, 2.24) is 35.1 Å². The Morgan fingerprint density at radius 1 is 0.846 bits per heavy atom. The molecule has 5 aromatic heterocycles. The molecule has 1 fully saturated rings. The largest absolute Gasteiger partial charge is 0.508 e. The van der Waals surface area contributed by atoms with Crippen molar-refractivity contribution in [3.63, 3.8) is 0 Å². The van der Waals surface area contributed by atoms with Crippen LogP contribution in [0.1, 0.15) is 32.1 Å². The van der Waals surface area contributed by atoms with Crippen LogP contribution in [0.5, 0.6) is 11.5 Å². The quantitative estimate of drug-likeness (QED) is 0.247. The number of H-pyrrole nitrogens is 2. The van der Waals surface area contributed by atoms with Crippen LogP contribution in [0.25, 0.3) is 56.0 Å². The van der Waals surface area contributed by atoms with Gasteiger partial charge in [-0.25, -0.2) is 14.4 Å². The van der Waals surface area contributed by atoms with Gasteiger partial charge in [0.05, 0.1) is 40.7 Å². The van der Waals surface area contributed by atoms with Gasteiger partial charge in [0.15, 0.2) is 11.5 Å². The summed E-state index contributed by atoms with van der Waals surface area (Å²) in [7, 11) is 0. The molecule has 0 spiro atoms. The Kier molecular flexibility index (Phi) is 5.65. The SMILES string of the molecule is Oc1cc(F)cc(-c2cncc3[nH]c(-c4n[nH]c5ccc(-c6cncc(OC7CCCCC7)c6)nc45)nc23)c1. The van der Waals surface area contributed by atoms with Crippen molar-refractivity contribution in [2.45, 2.75) is 38.2 Å². The van der Waals surface area contributed by atoms with E-state index in [2.05, 4.69) is 25.1 Å². The van der Waals surface area contributed by atoms with E-state index in [1.54, 1.807) is 24.8 Å². The summed E-state index contributed by atoms with van der Waals surface area (Å²) in [5.41, 5.74) is 5.80. The number of hydrogen-bond acceptors (Lipinski definition) is 7. The number of halogens is 1. The minimum absolute atomic E-state index is 0.171. The highest BCUT2D eigenvalue weighted by Gasteiger charge is 2.19. The Labute approximate surface area is 222 Å². The molecular weight excluding hydrogens is 497 g/mol. The fourth-order valence-electron chi connectivity index (χ4n) is 5.21. The van der Waals surface area contributed by atoms with Crippen LogP contribution in [0.2, 0.25) is 0 Å². The van der Waals surface area contributed by atoms with Crippen LogP contribution in [-0.4, -0.2) is 46.3 Å².